The van der Waals surface area contributed by atoms with E-state index in [4.69, 9.17) is 20.9 Å². The number of hydrogen-bond acceptors (Lipinski definition) is 12. The first-order valence-corrected chi connectivity index (χ1v) is 14.3. The summed E-state index contributed by atoms with van der Waals surface area (Å²) in [5.41, 5.74) is 14.1. The predicted octanol–water partition coefficient (Wildman–Crippen LogP) is 0.922. The van der Waals surface area contributed by atoms with Gasteiger partial charge < -0.3 is 46.9 Å². The van der Waals surface area contributed by atoms with Gasteiger partial charge in [-0.25, -0.2) is 15.0 Å². The molecule has 44 heavy (non-hydrogen) atoms. The number of ether oxygens (including phenoxy) is 2. The molecular weight excluding hydrogens is 568 g/mol. The molecule has 0 bridgehead atoms. The monoisotopic (exact) mass is 606 g/mol. The quantitative estimate of drug-likeness (QED) is 0.106. The summed E-state index contributed by atoms with van der Waals surface area (Å²) in [5.74, 6) is 0.670. The fourth-order valence-electron chi connectivity index (χ4n) is 4.96. The fraction of sp³-hybridized carbons (Fsp3) is 0.400. The molecule has 0 radical (unpaired) electrons. The molecule has 9 N–H and O–H groups in total. The molecule has 4 atom stereocenters. The number of nitrogens with two attached hydrogens (primary N) is 2. The standard InChI is InChI=1S/C30H38N8O6/c1-30(2,28(32)42)36-11-6-12-43-20-13-17(9-10-19(20)18-7-4-3-5-8-18)14-33-29-37-22-25(31)34-16-35-26(22)38(29)27-24(41)23(40)21(15-39)44-27/h3-5,7-10,13,16,21,23-24,27,36,39-41H,6,11-12,14-15H2,1-2H3,(H2,32,42)(H,33,37)(H2,31,34,35)/t21-,23-,24-,27-/m1/s1. The van der Waals surface area contributed by atoms with E-state index in [0.717, 1.165) is 16.7 Å². The van der Waals surface area contributed by atoms with E-state index in [1.54, 1.807) is 13.8 Å². The second-order valence-corrected chi connectivity index (χ2v) is 11.1. The number of carbonyl (C=O) groups excluding carboxylic acids is 1. The van der Waals surface area contributed by atoms with Crippen LogP contribution in [0, 0.1) is 0 Å². The Balaban J connectivity index is 1.38. The summed E-state index contributed by atoms with van der Waals surface area (Å²) in [6, 6.07) is 15.8. The summed E-state index contributed by atoms with van der Waals surface area (Å²) < 4.78 is 13.5. The molecule has 5 rings (SSSR count). The number of rotatable bonds is 13. The highest BCUT2D eigenvalue weighted by molar-refractivity contribution is 5.84. The first kappa shape index (κ1) is 31.1. The van der Waals surface area contributed by atoms with E-state index < -0.39 is 42.6 Å². The topological polar surface area (TPSA) is 216 Å². The number of fused-ring (bicyclic) bond motifs is 1. The van der Waals surface area contributed by atoms with E-state index >= 15 is 0 Å². The number of amides is 1. The van der Waals surface area contributed by atoms with Crippen molar-refractivity contribution < 1.29 is 29.6 Å². The fourth-order valence-corrected chi connectivity index (χ4v) is 4.96. The molecule has 0 unspecified atom stereocenters. The van der Waals surface area contributed by atoms with Crippen molar-refractivity contribution in [1.82, 2.24) is 24.8 Å². The molecule has 3 heterocycles. The molecule has 1 saturated heterocycles. The molecule has 234 valence electrons. The van der Waals surface area contributed by atoms with Crippen molar-refractivity contribution >= 4 is 28.8 Å². The van der Waals surface area contributed by atoms with Crippen LogP contribution in [0.5, 0.6) is 5.75 Å². The van der Waals surface area contributed by atoms with Gasteiger partial charge in [-0.05, 0) is 44.0 Å². The lowest BCUT2D eigenvalue weighted by atomic mass is 10.0. The van der Waals surface area contributed by atoms with Crippen molar-refractivity contribution in [2.75, 3.05) is 30.8 Å². The number of hydrogen-bond donors (Lipinski definition) is 7. The minimum Gasteiger partial charge on any atom is -0.493 e. The lowest BCUT2D eigenvalue weighted by Gasteiger charge is -2.22. The molecule has 1 aliphatic rings. The Morgan fingerprint density at radius 3 is 2.61 bits per heavy atom. The number of anilines is 2. The average molecular weight is 607 g/mol. The average Bonchev–Trinajstić information content (AvgIpc) is 3.52. The van der Waals surface area contributed by atoms with Gasteiger partial charge in [-0.1, -0.05) is 42.5 Å². The normalized spacial score (nSPS) is 20.2. The first-order chi connectivity index (χ1) is 21.1. The van der Waals surface area contributed by atoms with Crippen LogP contribution < -0.4 is 26.8 Å². The number of aliphatic hydroxyl groups is 3. The molecule has 1 amide bonds. The molecule has 0 aliphatic carbocycles. The number of nitrogens with one attached hydrogen (secondary N) is 2. The van der Waals surface area contributed by atoms with E-state index in [-0.39, 0.29) is 11.8 Å². The van der Waals surface area contributed by atoms with Crippen LogP contribution in [0.3, 0.4) is 0 Å². The van der Waals surface area contributed by atoms with Gasteiger partial charge in [0.2, 0.25) is 11.9 Å². The van der Waals surface area contributed by atoms with Gasteiger partial charge in [0.05, 0.1) is 18.8 Å². The number of imidazole rings is 1. The highest BCUT2D eigenvalue weighted by Crippen LogP contribution is 2.36. The minimum absolute atomic E-state index is 0.139. The van der Waals surface area contributed by atoms with Crippen molar-refractivity contribution in [3.63, 3.8) is 0 Å². The first-order valence-electron chi connectivity index (χ1n) is 14.3. The Bertz CT molecular complexity index is 1600. The largest absolute Gasteiger partial charge is 0.493 e. The van der Waals surface area contributed by atoms with Crippen molar-refractivity contribution in [1.29, 1.82) is 0 Å². The highest BCUT2D eigenvalue weighted by Gasteiger charge is 2.45. The highest BCUT2D eigenvalue weighted by atomic mass is 16.6. The molecule has 0 saturated carbocycles. The van der Waals surface area contributed by atoms with Crippen LogP contribution >= 0.6 is 0 Å². The van der Waals surface area contributed by atoms with Crippen LogP contribution in [0.15, 0.2) is 54.9 Å². The molecule has 1 aliphatic heterocycles. The summed E-state index contributed by atoms with van der Waals surface area (Å²) in [5, 5.41) is 37.2. The molecule has 14 heteroatoms. The van der Waals surface area contributed by atoms with E-state index in [0.29, 0.717) is 43.0 Å². The summed E-state index contributed by atoms with van der Waals surface area (Å²) in [6.07, 6.45) is -2.81. The van der Waals surface area contributed by atoms with Crippen molar-refractivity contribution in [3.8, 4) is 16.9 Å². The maximum atomic E-state index is 11.6. The van der Waals surface area contributed by atoms with Crippen LogP contribution in [0.2, 0.25) is 0 Å². The van der Waals surface area contributed by atoms with Gasteiger partial charge in [-0.3, -0.25) is 9.36 Å². The minimum atomic E-state index is -1.35. The molecule has 0 spiro atoms. The second-order valence-electron chi connectivity index (χ2n) is 11.1. The zero-order valence-electron chi connectivity index (χ0n) is 24.6. The lowest BCUT2D eigenvalue weighted by Crippen LogP contribution is -2.51. The number of benzene rings is 2. The zero-order valence-corrected chi connectivity index (χ0v) is 24.6. The second kappa shape index (κ2) is 13.1. The lowest BCUT2D eigenvalue weighted by molar-refractivity contribution is -0.123. The number of nitrogen functional groups attached to an aromatic ring is 1. The van der Waals surface area contributed by atoms with Crippen molar-refractivity contribution in [2.24, 2.45) is 5.73 Å². The summed E-state index contributed by atoms with van der Waals surface area (Å²) in [7, 11) is 0. The van der Waals surface area contributed by atoms with Crippen molar-refractivity contribution in [3.05, 3.63) is 60.4 Å². The predicted molar refractivity (Wildman–Crippen MR) is 163 cm³/mol. The Morgan fingerprint density at radius 1 is 1.14 bits per heavy atom. The zero-order chi connectivity index (χ0) is 31.4. The SMILES string of the molecule is CC(C)(NCCCOc1cc(CNc2nc3c(N)ncnc3n2[C@@H]2O[C@H](CO)[C@@H](O)[C@H]2O)ccc1-c1ccccc1)C(N)=O. The van der Waals surface area contributed by atoms with E-state index in [1.807, 2.05) is 48.5 Å². The molecule has 1 fully saturated rings. The van der Waals surface area contributed by atoms with Gasteiger partial charge in [0.1, 0.15) is 30.4 Å². The maximum absolute atomic E-state index is 11.6. The molecule has 2 aromatic carbocycles. The van der Waals surface area contributed by atoms with E-state index in [2.05, 4.69) is 25.6 Å². The maximum Gasteiger partial charge on any atom is 0.237 e. The van der Waals surface area contributed by atoms with Crippen LogP contribution in [-0.2, 0) is 16.1 Å². The summed E-state index contributed by atoms with van der Waals surface area (Å²) in [4.78, 5) is 24.5. The molecule has 14 nitrogen and oxygen atoms in total. The van der Waals surface area contributed by atoms with Crippen molar-refractivity contribution in [2.45, 2.75) is 56.9 Å². The third-order valence-electron chi connectivity index (χ3n) is 7.62. The van der Waals surface area contributed by atoms with E-state index in [9.17, 15) is 20.1 Å². The van der Waals surface area contributed by atoms with Crippen LogP contribution in [-0.4, -0.2) is 84.4 Å². The Kier molecular flexibility index (Phi) is 9.27. The molecule has 2 aromatic heterocycles. The summed E-state index contributed by atoms with van der Waals surface area (Å²) in [6.45, 7) is 4.24. The van der Waals surface area contributed by atoms with Crippen LogP contribution in [0.4, 0.5) is 11.8 Å². The van der Waals surface area contributed by atoms with E-state index in [1.165, 1.54) is 10.9 Å². The van der Waals surface area contributed by atoms with Gasteiger partial charge >= 0.3 is 0 Å². The van der Waals surface area contributed by atoms with Gasteiger partial charge in [0.25, 0.3) is 0 Å². The Hall–Kier alpha value is -4.34. The van der Waals surface area contributed by atoms with Crippen LogP contribution in [0.1, 0.15) is 32.1 Å². The number of primary amides is 1. The van der Waals surface area contributed by atoms with Gasteiger partial charge in [0, 0.05) is 12.1 Å². The van der Waals surface area contributed by atoms with Gasteiger partial charge in [-0.2, -0.15) is 0 Å². The smallest absolute Gasteiger partial charge is 0.237 e. The number of nitrogens with zero attached hydrogens (tertiary/aromatic N) is 4. The van der Waals surface area contributed by atoms with Crippen LogP contribution in [0.25, 0.3) is 22.3 Å². The Morgan fingerprint density at radius 2 is 1.91 bits per heavy atom. The number of aliphatic hydroxyl groups excluding tert-OH is 3. The number of aromatic nitrogens is 4. The third kappa shape index (κ3) is 6.44. The molecular formula is C30H38N8O6. The number of carbonyl (C=O) groups is 1. The van der Waals surface area contributed by atoms with Gasteiger partial charge in [-0.15, -0.1) is 0 Å². The Labute approximate surface area is 254 Å². The van der Waals surface area contributed by atoms with Gasteiger partial charge in [0.15, 0.2) is 23.2 Å². The third-order valence-corrected chi connectivity index (χ3v) is 7.62. The molecule has 4 aromatic rings. The summed E-state index contributed by atoms with van der Waals surface area (Å²) >= 11 is 0.